The molecule has 2 aromatic rings. The van der Waals surface area contributed by atoms with Crippen LogP contribution in [0.25, 0.3) is 0 Å². The fourth-order valence-electron chi connectivity index (χ4n) is 2.63. The highest BCUT2D eigenvalue weighted by atomic mass is 19.3. The summed E-state index contributed by atoms with van der Waals surface area (Å²) in [5.74, 6) is -6.06. The summed E-state index contributed by atoms with van der Waals surface area (Å²) in [5.41, 5.74) is 1.29. The van der Waals surface area contributed by atoms with Gasteiger partial charge in [-0.2, -0.15) is 8.78 Å². The van der Waals surface area contributed by atoms with E-state index < -0.39 is 30.1 Å². The quantitative estimate of drug-likeness (QED) is 0.624. The van der Waals surface area contributed by atoms with Gasteiger partial charge in [0.15, 0.2) is 0 Å². The Bertz CT molecular complexity index is 786. The van der Waals surface area contributed by atoms with Gasteiger partial charge < -0.3 is 19.9 Å². The Morgan fingerprint density at radius 1 is 1.00 bits per heavy atom. The van der Waals surface area contributed by atoms with E-state index in [1.165, 1.54) is 6.92 Å². The molecule has 1 amide bonds. The molecule has 29 heavy (non-hydrogen) atoms. The number of aliphatic hydroxyl groups excluding tert-OH is 1. The first kappa shape index (κ1) is 22.3. The van der Waals surface area contributed by atoms with Gasteiger partial charge in [-0.25, -0.2) is 9.59 Å². The van der Waals surface area contributed by atoms with E-state index in [2.05, 4.69) is 10.1 Å². The molecule has 0 aliphatic carbocycles. The monoisotopic (exact) mass is 407 g/mol. The smallest absolute Gasteiger partial charge is 0.407 e. The van der Waals surface area contributed by atoms with Crippen LogP contribution in [0.2, 0.25) is 0 Å². The van der Waals surface area contributed by atoms with Crippen molar-refractivity contribution in [1.82, 2.24) is 5.32 Å². The van der Waals surface area contributed by atoms with Crippen molar-refractivity contribution in [2.75, 3.05) is 6.61 Å². The van der Waals surface area contributed by atoms with E-state index in [0.29, 0.717) is 11.1 Å². The number of carbonyl (C=O) groups is 2. The lowest BCUT2D eigenvalue weighted by atomic mass is 9.97. The van der Waals surface area contributed by atoms with Crippen LogP contribution in [0.4, 0.5) is 13.6 Å². The third kappa shape index (κ3) is 6.53. The van der Waals surface area contributed by atoms with Gasteiger partial charge in [-0.15, -0.1) is 0 Å². The fourth-order valence-corrected chi connectivity index (χ4v) is 2.63. The Hall–Kier alpha value is -3.00. The van der Waals surface area contributed by atoms with Crippen molar-refractivity contribution in [3.63, 3.8) is 0 Å². The zero-order valence-electron chi connectivity index (χ0n) is 15.9. The van der Waals surface area contributed by atoms with E-state index in [0.717, 1.165) is 0 Å². The van der Waals surface area contributed by atoms with Crippen LogP contribution in [0.15, 0.2) is 60.7 Å². The van der Waals surface area contributed by atoms with E-state index in [4.69, 9.17) is 4.74 Å². The summed E-state index contributed by atoms with van der Waals surface area (Å²) in [4.78, 5) is 23.7. The molecular formula is C21H23F2NO5. The van der Waals surface area contributed by atoms with Crippen molar-refractivity contribution in [2.45, 2.75) is 38.0 Å². The molecule has 0 saturated carbocycles. The van der Waals surface area contributed by atoms with Crippen LogP contribution in [0, 0.1) is 0 Å². The Morgan fingerprint density at radius 2 is 1.55 bits per heavy atom. The summed E-state index contributed by atoms with van der Waals surface area (Å²) < 4.78 is 38.1. The predicted octanol–water partition coefficient (Wildman–Crippen LogP) is 3.08. The number of hydrogen-bond donors (Lipinski definition) is 2. The van der Waals surface area contributed by atoms with Gasteiger partial charge >= 0.3 is 18.0 Å². The fraction of sp³-hybridized carbons (Fsp3) is 0.333. The number of esters is 1. The largest absolute Gasteiger partial charge is 0.461 e. The minimum atomic E-state index is -4.21. The highest BCUT2D eigenvalue weighted by Crippen LogP contribution is 2.25. The summed E-state index contributed by atoms with van der Waals surface area (Å²) in [6.07, 6.45) is -3.64. The normalized spacial score (nSPS) is 13.2. The van der Waals surface area contributed by atoms with Crippen LogP contribution >= 0.6 is 0 Å². The average Bonchev–Trinajstić information content (AvgIpc) is 2.73. The van der Waals surface area contributed by atoms with E-state index in [1.54, 1.807) is 60.7 Å². The van der Waals surface area contributed by atoms with Gasteiger partial charge in [-0.1, -0.05) is 60.7 Å². The van der Waals surface area contributed by atoms with Crippen LogP contribution in [-0.2, 0) is 27.3 Å². The first-order valence-electron chi connectivity index (χ1n) is 9.08. The lowest BCUT2D eigenvalue weighted by molar-refractivity contribution is -0.191. The van der Waals surface area contributed by atoms with Gasteiger partial charge in [0.1, 0.15) is 12.7 Å². The lowest BCUT2D eigenvalue weighted by Crippen LogP contribution is -2.56. The maximum Gasteiger partial charge on any atom is 0.407 e. The minimum absolute atomic E-state index is 0.0743. The average molecular weight is 407 g/mol. The third-order valence-corrected chi connectivity index (χ3v) is 4.11. The first-order chi connectivity index (χ1) is 13.8. The number of carbonyl (C=O) groups excluding carboxylic acids is 2. The molecule has 0 heterocycles. The van der Waals surface area contributed by atoms with Gasteiger partial charge in [0.2, 0.25) is 0 Å². The van der Waals surface area contributed by atoms with Gasteiger partial charge in [0, 0.05) is 0 Å². The standard InChI is InChI=1S/C21H23F2NO5/c1-2-28-19(26)21(22,23)18(25)17(13-15-9-5-3-6-10-15)24-20(27)29-14-16-11-7-4-8-12-16/h3-12,17-18,25H,2,13-14H2,1H3,(H,24,27)/t17-,18+/m1/s1. The van der Waals surface area contributed by atoms with Crippen LogP contribution in [-0.4, -0.2) is 41.8 Å². The molecule has 8 heteroatoms. The zero-order chi connectivity index (χ0) is 21.3. The molecule has 0 radical (unpaired) electrons. The lowest BCUT2D eigenvalue weighted by Gasteiger charge is -2.28. The van der Waals surface area contributed by atoms with Crippen molar-refractivity contribution in [2.24, 2.45) is 0 Å². The Labute approximate surface area is 167 Å². The summed E-state index contributed by atoms with van der Waals surface area (Å²) in [6.45, 7) is 1.03. The molecular weight excluding hydrogens is 384 g/mol. The van der Waals surface area contributed by atoms with E-state index in [-0.39, 0.29) is 19.6 Å². The van der Waals surface area contributed by atoms with Crippen LogP contribution < -0.4 is 5.32 Å². The molecule has 0 unspecified atom stereocenters. The second-order valence-corrected chi connectivity index (χ2v) is 6.29. The number of alkyl halides is 2. The van der Waals surface area contributed by atoms with Crippen molar-refractivity contribution in [1.29, 1.82) is 0 Å². The summed E-state index contributed by atoms with van der Waals surface area (Å²) in [7, 11) is 0. The molecule has 0 aliphatic heterocycles. The SMILES string of the molecule is CCOC(=O)C(F)(F)[C@@H](O)[C@@H](Cc1ccccc1)NC(=O)OCc1ccccc1. The highest BCUT2D eigenvalue weighted by molar-refractivity contribution is 5.78. The Morgan fingerprint density at radius 3 is 2.10 bits per heavy atom. The van der Waals surface area contributed by atoms with E-state index in [1.807, 2.05) is 0 Å². The van der Waals surface area contributed by atoms with E-state index in [9.17, 15) is 23.5 Å². The van der Waals surface area contributed by atoms with E-state index >= 15 is 0 Å². The van der Waals surface area contributed by atoms with Gasteiger partial charge in [-0.05, 0) is 24.5 Å². The first-order valence-corrected chi connectivity index (χ1v) is 9.08. The predicted molar refractivity (Wildman–Crippen MR) is 101 cm³/mol. The third-order valence-electron chi connectivity index (χ3n) is 4.11. The van der Waals surface area contributed by atoms with Gasteiger partial charge in [0.25, 0.3) is 0 Å². The van der Waals surface area contributed by atoms with Crippen molar-refractivity contribution >= 4 is 12.1 Å². The second kappa shape index (κ2) is 10.5. The van der Waals surface area contributed by atoms with Crippen molar-refractivity contribution < 1.29 is 33.0 Å². The molecule has 2 atom stereocenters. The topological polar surface area (TPSA) is 84.9 Å². The molecule has 0 bridgehead atoms. The number of amides is 1. The number of ether oxygens (including phenoxy) is 2. The molecule has 2 N–H and O–H groups in total. The maximum absolute atomic E-state index is 14.3. The van der Waals surface area contributed by atoms with Crippen LogP contribution in [0.1, 0.15) is 18.1 Å². The molecule has 156 valence electrons. The number of rotatable bonds is 9. The summed E-state index contributed by atoms with van der Waals surface area (Å²) >= 11 is 0. The molecule has 0 spiro atoms. The van der Waals surface area contributed by atoms with Crippen molar-refractivity contribution in [3.05, 3.63) is 71.8 Å². The second-order valence-electron chi connectivity index (χ2n) is 6.29. The van der Waals surface area contributed by atoms with Gasteiger partial charge in [0.05, 0.1) is 12.6 Å². The van der Waals surface area contributed by atoms with Crippen LogP contribution in [0.3, 0.4) is 0 Å². The molecule has 0 fully saturated rings. The highest BCUT2D eigenvalue weighted by Gasteiger charge is 2.52. The minimum Gasteiger partial charge on any atom is -0.461 e. The van der Waals surface area contributed by atoms with Gasteiger partial charge in [-0.3, -0.25) is 0 Å². The Kier molecular flexibility index (Phi) is 8.09. The van der Waals surface area contributed by atoms with Crippen LogP contribution in [0.5, 0.6) is 0 Å². The maximum atomic E-state index is 14.3. The number of aliphatic hydroxyl groups is 1. The molecule has 6 nitrogen and oxygen atoms in total. The molecule has 0 aliphatic rings. The Balaban J connectivity index is 2.11. The number of nitrogens with one attached hydrogen (secondary N) is 1. The number of benzene rings is 2. The molecule has 0 aromatic heterocycles. The van der Waals surface area contributed by atoms with Crippen molar-refractivity contribution in [3.8, 4) is 0 Å². The zero-order valence-corrected chi connectivity index (χ0v) is 15.9. The number of hydrogen-bond acceptors (Lipinski definition) is 5. The summed E-state index contributed by atoms with van der Waals surface area (Å²) in [5, 5.41) is 12.4. The molecule has 0 saturated heterocycles. The number of halogens is 2. The molecule has 2 aromatic carbocycles. The number of alkyl carbamates (subject to hydrolysis) is 1. The summed E-state index contributed by atoms with van der Waals surface area (Å²) in [6, 6.07) is 15.7. The molecule has 2 rings (SSSR count).